The third-order valence-corrected chi connectivity index (χ3v) is 7.82. The Kier molecular flexibility index (Phi) is 10.4. The van der Waals surface area contributed by atoms with Crippen molar-refractivity contribution < 1.29 is 32.5 Å². The second-order valence-corrected chi connectivity index (χ2v) is 13.1. The number of hydrogen-bond acceptors (Lipinski definition) is 6. The van der Waals surface area contributed by atoms with Crippen LogP contribution >= 0.6 is 31.9 Å². The van der Waals surface area contributed by atoms with Crippen LogP contribution in [0.1, 0.15) is 48.1 Å². The summed E-state index contributed by atoms with van der Waals surface area (Å²) >= 11 is 7.04. The quantitative estimate of drug-likeness (QED) is 0.224. The summed E-state index contributed by atoms with van der Waals surface area (Å²) in [5.74, 6) is 0.666. The van der Waals surface area contributed by atoms with E-state index in [-0.39, 0.29) is 24.7 Å². The summed E-state index contributed by atoms with van der Waals surface area (Å²) in [5.41, 5.74) is 3.00. The molecule has 7 nitrogen and oxygen atoms in total. The summed E-state index contributed by atoms with van der Waals surface area (Å²) < 4.78 is 43.2. The first-order valence-electron chi connectivity index (χ1n) is 11.8. The van der Waals surface area contributed by atoms with Gasteiger partial charge in [0.1, 0.15) is 27.4 Å². The molecule has 0 bridgehead atoms. The molecule has 0 aromatic heterocycles. The second kappa shape index (κ2) is 13.1. The Bertz CT molecular complexity index is 1370. The number of methoxy groups -OCH3 is 1. The van der Waals surface area contributed by atoms with Crippen LogP contribution in [-0.4, -0.2) is 45.2 Å². The molecule has 3 rings (SSSR count). The van der Waals surface area contributed by atoms with Crippen LogP contribution in [0.4, 0.5) is 0 Å². The molecule has 1 atom stereocenters. The van der Waals surface area contributed by atoms with Crippen LogP contribution in [0, 0.1) is 0 Å². The van der Waals surface area contributed by atoms with Crippen molar-refractivity contribution in [3.8, 4) is 17.2 Å². The molecule has 0 aliphatic rings. The standard InChI is InChI=1S/C28H30Br2O7S/c1-17(2)20-15-25(37-28-22(29)12-18(13-23(28)30)14-26(31)32)21(16-24(20)35-3)27(19-8-6-5-7-9-19)36-10-11-38(4,33)34/h5-9,12-13,15-17,27H,10-11,14H2,1-4H3,(H,31,32). The fourth-order valence-corrected chi connectivity index (χ4v) is 5.76. The minimum atomic E-state index is -3.23. The SMILES string of the molecule is COc1cc(C(OCCS(C)(=O)=O)c2ccccc2)c(Oc2c(Br)cc(CC(=O)O)cc2Br)cc1C(C)C. The first-order valence-corrected chi connectivity index (χ1v) is 15.5. The van der Waals surface area contributed by atoms with E-state index in [1.807, 2.05) is 56.3 Å². The Morgan fingerprint density at radius 2 is 1.58 bits per heavy atom. The zero-order valence-corrected chi connectivity index (χ0v) is 25.5. The number of carboxylic acids is 1. The largest absolute Gasteiger partial charge is 0.496 e. The highest BCUT2D eigenvalue weighted by atomic mass is 79.9. The van der Waals surface area contributed by atoms with E-state index in [0.29, 0.717) is 37.3 Å². The number of ether oxygens (including phenoxy) is 3. The van der Waals surface area contributed by atoms with Crippen LogP contribution in [0.3, 0.4) is 0 Å². The summed E-state index contributed by atoms with van der Waals surface area (Å²) in [7, 11) is -1.63. The zero-order valence-electron chi connectivity index (χ0n) is 21.5. The van der Waals surface area contributed by atoms with Gasteiger partial charge in [-0.25, -0.2) is 8.42 Å². The van der Waals surface area contributed by atoms with Gasteiger partial charge in [-0.3, -0.25) is 4.79 Å². The van der Waals surface area contributed by atoms with Gasteiger partial charge in [0.05, 0.1) is 34.8 Å². The fourth-order valence-electron chi connectivity index (χ4n) is 3.92. The molecule has 38 heavy (non-hydrogen) atoms. The minimum Gasteiger partial charge on any atom is -0.496 e. The molecule has 0 aliphatic heterocycles. The molecule has 0 fully saturated rings. The van der Waals surface area contributed by atoms with Crippen LogP contribution < -0.4 is 9.47 Å². The van der Waals surface area contributed by atoms with Crippen molar-refractivity contribution in [2.75, 3.05) is 25.7 Å². The van der Waals surface area contributed by atoms with E-state index in [2.05, 4.69) is 31.9 Å². The number of carboxylic acid groups (broad SMARTS) is 1. The van der Waals surface area contributed by atoms with Gasteiger partial charge in [-0.15, -0.1) is 0 Å². The lowest BCUT2D eigenvalue weighted by atomic mass is 9.94. The Hall–Kier alpha value is -2.40. The molecule has 0 radical (unpaired) electrons. The van der Waals surface area contributed by atoms with E-state index < -0.39 is 21.9 Å². The molecule has 10 heteroatoms. The molecule has 3 aromatic carbocycles. The van der Waals surface area contributed by atoms with Crippen molar-refractivity contribution >= 4 is 47.7 Å². The molecule has 0 saturated carbocycles. The number of benzene rings is 3. The van der Waals surface area contributed by atoms with Gasteiger partial charge in [-0.1, -0.05) is 44.2 Å². The third-order valence-electron chi connectivity index (χ3n) is 5.73. The lowest BCUT2D eigenvalue weighted by Gasteiger charge is -2.25. The summed E-state index contributed by atoms with van der Waals surface area (Å²) in [5, 5.41) is 9.19. The van der Waals surface area contributed by atoms with E-state index in [4.69, 9.17) is 14.2 Å². The summed E-state index contributed by atoms with van der Waals surface area (Å²) in [6, 6.07) is 16.7. The van der Waals surface area contributed by atoms with Gasteiger partial charge in [-0.05, 0) is 73.2 Å². The second-order valence-electron chi connectivity index (χ2n) is 9.14. The van der Waals surface area contributed by atoms with Crippen molar-refractivity contribution in [2.45, 2.75) is 32.3 Å². The normalized spacial score (nSPS) is 12.4. The van der Waals surface area contributed by atoms with E-state index in [0.717, 1.165) is 11.1 Å². The van der Waals surface area contributed by atoms with Crippen LogP contribution in [0.2, 0.25) is 0 Å². The number of halogens is 2. The Morgan fingerprint density at radius 3 is 2.11 bits per heavy atom. The molecule has 1 unspecified atom stereocenters. The first-order chi connectivity index (χ1) is 17.9. The molecule has 0 spiro atoms. The maximum atomic E-state index is 11.8. The van der Waals surface area contributed by atoms with Crippen LogP contribution in [0.25, 0.3) is 0 Å². The van der Waals surface area contributed by atoms with Gasteiger partial charge in [-0.2, -0.15) is 0 Å². The van der Waals surface area contributed by atoms with Gasteiger partial charge >= 0.3 is 5.97 Å². The molecule has 204 valence electrons. The van der Waals surface area contributed by atoms with Gasteiger partial charge in [0.25, 0.3) is 0 Å². The average molecular weight is 670 g/mol. The minimum absolute atomic E-state index is 0.0106. The van der Waals surface area contributed by atoms with Crippen LogP contribution in [0.5, 0.6) is 17.2 Å². The predicted molar refractivity (Wildman–Crippen MR) is 154 cm³/mol. The van der Waals surface area contributed by atoms with E-state index >= 15 is 0 Å². The fraction of sp³-hybridized carbons (Fsp3) is 0.321. The van der Waals surface area contributed by atoms with Gasteiger partial charge < -0.3 is 19.3 Å². The summed E-state index contributed by atoms with van der Waals surface area (Å²) in [6.45, 7) is 4.08. The van der Waals surface area contributed by atoms with E-state index in [1.165, 1.54) is 6.26 Å². The summed E-state index contributed by atoms with van der Waals surface area (Å²) in [4.78, 5) is 11.2. The number of carbonyl (C=O) groups is 1. The Balaban J connectivity index is 2.17. The maximum Gasteiger partial charge on any atom is 0.307 e. The highest BCUT2D eigenvalue weighted by molar-refractivity contribution is 9.11. The third kappa shape index (κ3) is 8.05. The monoisotopic (exact) mass is 668 g/mol. The Labute approximate surface area is 240 Å². The summed E-state index contributed by atoms with van der Waals surface area (Å²) in [6.07, 6.45) is 0.394. The van der Waals surface area contributed by atoms with Crippen molar-refractivity contribution in [1.82, 2.24) is 0 Å². The molecule has 0 amide bonds. The topological polar surface area (TPSA) is 99.1 Å². The smallest absolute Gasteiger partial charge is 0.307 e. The van der Waals surface area contributed by atoms with Crippen molar-refractivity contribution in [3.63, 3.8) is 0 Å². The Morgan fingerprint density at radius 1 is 0.974 bits per heavy atom. The first kappa shape index (κ1) is 30.1. The lowest BCUT2D eigenvalue weighted by Crippen LogP contribution is -2.15. The molecular formula is C28H30Br2O7S. The molecule has 0 heterocycles. The van der Waals surface area contributed by atoms with Crippen molar-refractivity contribution in [1.29, 1.82) is 0 Å². The van der Waals surface area contributed by atoms with Gasteiger partial charge in [0, 0.05) is 17.4 Å². The van der Waals surface area contributed by atoms with Crippen molar-refractivity contribution in [2.24, 2.45) is 0 Å². The highest BCUT2D eigenvalue weighted by Crippen LogP contribution is 2.45. The van der Waals surface area contributed by atoms with E-state index in [9.17, 15) is 18.3 Å². The van der Waals surface area contributed by atoms with Gasteiger partial charge in [0.15, 0.2) is 5.75 Å². The number of hydrogen-bond donors (Lipinski definition) is 1. The zero-order chi connectivity index (χ0) is 28.0. The van der Waals surface area contributed by atoms with Gasteiger partial charge in [0.2, 0.25) is 0 Å². The number of aliphatic carboxylic acids is 1. The predicted octanol–water partition coefficient (Wildman–Crippen LogP) is 6.91. The van der Waals surface area contributed by atoms with Crippen LogP contribution in [-0.2, 0) is 25.8 Å². The maximum absolute atomic E-state index is 11.8. The van der Waals surface area contributed by atoms with E-state index in [1.54, 1.807) is 19.2 Å². The lowest BCUT2D eigenvalue weighted by molar-refractivity contribution is -0.136. The molecule has 0 aliphatic carbocycles. The highest BCUT2D eigenvalue weighted by Gasteiger charge is 2.25. The number of rotatable bonds is 12. The average Bonchev–Trinajstić information content (AvgIpc) is 2.83. The van der Waals surface area contributed by atoms with Crippen molar-refractivity contribution in [3.05, 3.63) is 85.8 Å². The van der Waals surface area contributed by atoms with Crippen LogP contribution in [0.15, 0.2) is 63.5 Å². The number of sulfone groups is 1. The molecule has 3 aromatic rings. The molecule has 0 saturated heterocycles. The molecular weight excluding hydrogens is 640 g/mol. The molecule has 1 N–H and O–H groups in total.